The number of nitrogens with one attached hydrogen (secondary N) is 1. The fraction of sp³-hybridized carbons (Fsp3) is 0.346. The van der Waals surface area contributed by atoms with Gasteiger partial charge in [-0.05, 0) is 0 Å². The van der Waals surface area contributed by atoms with E-state index in [0.717, 1.165) is 65.1 Å². The van der Waals surface area contributed by atoms with Gasteiger partial charge >= 0.3 is 217 Å². The molecule has 2 heterocycles. The Hall–Kier alpha value is -2.60. The van der Waals surface area contributed by atoms with Crippen molar-refractivity contribution in [1.82, 2.24) is 9.97 Å². The molecule has 1 aromatic heterocycles. The minimum atomic E-state index is -0.512. The Morgan fingerprint density at radius 1 is 1.06 bits per heavy atom. The Morgan fingerprint density at radius 3 is 2.66 bits per heavy atom. The van der Waals surface area contributed by atoms with Crippen molar-refractivity contribution >= 4 is 59.3 Å². The molecular weight excluding hydrogens is 527 g/mol. The zero-order valence-electron chi connectivity index (χ0n) is 19.6. The van der Waals surface area contributed by atoms with Crippen LogP contribution >= 0.6 is 11.6 Å². The number of anilines is 3. The van der Waals surface area contributed by atoms with E-state index in [1.54, 1.807) is 13.3 Å². The van der Waals surface area contributed by atoms with Crippen LogP contribution in [0.3, 0.4) is 0 Å². The summed E-state index contributed by atoms with van der Waals surface area (Å²) in [4.78, 5) is 23.3. The van der Waals surface area contributed by atoms with E-state index < -0.39 is 15.8 Å². The average molecular weight is 554 g/mol. The van der Waals surface area contributed by atoms with Crippen LogP contribution < -0.4 is 23.8 Å². The number of ketones is 1. The van der Waals surface area contributed by atoms with Crippen molar-refractivity contribution in [3.63, 3.8) is 0 Å². The molecule has 35 heavy (non-hydrogen) atoms. The van der Waals surface area contributed by atoms with Crippen LogP contribution in [0.5, 0.6) is 5.75 Å². The van der Waals surface area contributed by atoms with Crippen molar-refractivity contribution in [2.75, 3.05) is 43.6 Å². The van der Waals surface area contributed by atoms with E-state index in [9.17, 15) is 4.79 Å². The van der Waals surface area contributed by atoms with Gasteiger partial charge in [0.1, 0.15) is 0 Å². The number of ether oxygens (including phenoxy) is 2. The molecule has 0 amide bonds. The molecule has 1 saturated heterocycles. The molecule has 0 saturated carbocycles. The number of hydrogen-bond donors (Lipinski definition) is 1. The molecule has 1 fully saturated rings. The van der Waals surface area contributed by atoms with E-state index >= 15 is 0 Å². The zero-order valence-corrected chi connectivity index (χ0v) is 22.2. The summed E-state index contributed by atoms with van der Waals surface area (Å²) in [5.41, 5.74) is 4.51. The summed E-state index contributed by atoms with van der Waals surface area (Å²) >= 11 is 5.99. The molecule has 5 rings (SSSR count). The van der Waals surface area contributed by atoms with Crippen LogP contribution in [-0.2, 0) is 22.4 Å². The number of fused-ring (bicyclic) bond motifs is 1. The van der Waals surface area contributed by atoms with Gasteiger partial charge in [0.25, 0.3) is 0 Å². The second kappa shape index (κ2) is 11.0. The number of nitrogens with zero attached hydrogens (tertiary/aromatic N) is 3. The molecule has 7 nitrogen and oxygen atoms in total. The molecule has 1 aliphatic carbocycles. The molecule has 2 aliphatic rings. The number of halogens is 1. The number of rotatable bonds is 6. The molecule has 1 radical (unpaired) electrons. The second-order valence-electron chi connectivity index (χ2n) is 8.58. The van der Waals surface area contributed by atoms with E-state index in [1.165, 1.54) is 11.1 Å². The third-order valence-electron chi connectivity index (χ3n) is 6.30. The van der Waals surface area contributed by atoms with Crippen molar-refractivity contribution in [1.29, 1.82) is 0 Å². The Morgan fingerprint density at radius 2 is 1.86 bits per heavy atom. The SMILES string of the molecule is COc1cc(N2CCOCC2)ccc1[As]c1nc(Nc2ccc3c(c2)CCC(=O)CC3)ncc1Cl. The van der Waals surface area contributed by atoms with Crippen LogP contribution in [0.2, 0.25) is 5.02 Å². The van der Waals surface area contributed by atoms with Gasteiger partial charge in [0, 0.05) is 0 Å². The van der Waals surface area contributed by atoms with E-state index in [4.69, 9.17) is 26.1 Å². The summed E-state index contributed by atoms with van der Waals surface area (Å²) in [6.45, 7) is 3.24. The molecule has 1 aliphatic heterocycles. The predicted molar refractivity (Wildman–Crippen MR) is 139 cm³/mol. The maximum absolute atomic E-state index is 11.8. The van der Waals surface area contributed by atoms with Gasteiger partial charge in [-0.3, -0.25) is 0 Å². The van der Waals surface area contributed by atoms with Crippen LogP contribution in [0.1, 0.15) is 24.0 Å². The molecule has 1 N–H and O–H groups in total. The maximum atomic E-state index is 11.8. The molecule has 0 bridgehead atoms. The first kappa shape index (κ1) is 24.1. The van der Waals surface area contributed by atoms with Crippen molar-refractivity contribution in [2.45, 2.75) is 25.7 Å². The number of Topliss-reactive ketones (excluding diaryl/α,β-unsaturated/α-hetero) is 1. The Labute approximate surface area is 216 Å². The van der Waals surface area contributed by atoms with Crippen molar-refractivity contribution < 1.29 is 14.3 Å². The van der Waals surface area contributed by atoms with Crippen LogP contribution in [0.4, 0.5) is 17.3 Å². The quantitative estimate of drug-likeness (QED) is 0.372. The predicted octanol–water partition coefficient (Wildman–Crippen LogP) is 2.82. The molecule has 2 aromatic carbocycles. The van der Waals surface area contributed by atoms with Crippen LogP contribution in [0.15, 0.2) is 42.6 Å². The van der Waals surface area contributed by atoms with Gasteiger partial charge < -0.3 is 0 Å². The fourth-order valence-corrected chi connectivity index (χ4v) is 6.68. The fourth-order valence-electron chi connectivity index (χ4n) is 4.37. The van der Waals surface area contributed by atoms with Crippen LogP contribution in [0, 0.1) is 0 Å². The summed E-state index contributed by atoms with van der Waals surface area (Å²) in [5.74, 6) is 1.69. The van der Waals surface area contributed by atoms with Gasteiger partial charge in [-0.1, -0.05) is 0 Å². The van der Waals surface area contributed by atoms with Gasteiger partial charge in [-0.25, -0.2) is 0 Å². The third-order valence-corrected chi connectivity index (χ3v) is 9.30. The van der Waals surface area contributed by atoms with Crippen LogP contribution in [0.25, 0.3) is 0 Å². The van der Waals surface area contributed by atoms with Crippen LogP contribution in [-0.4, -0.2) is 64.9 Å². The number of carbonyl (C=O) groups excluding carboxylic acids is 1. The number of carbonyl (C=O) groups is 1. The van der Waals surface area contributed by atoms with Gasteiger partial charge in [-0.2, -0.15) is 0 Å². The molecule has 9 heteroatoms. The first-order chi connectivity index (χ1) is 17.1. The van der Waals surface area contributed by atoms with Crippen molar-refractivity contribution in [3.8, 4) is 5.75 Å². The van der Waals surface area contributed by atoms with E-state index in [1.807, 2.05) is 6.07 Å². The number of hydrogen-bond acceptors (Lipinski definition) is 7. The number of methoxy groups -OCH3 is 1. The molecule has 0 spiro atoms. The second-order valence-corrected chi connectivity index (χ2v) is 11.4. The molecule has 0 atom stereocenters. The van der Waals surface area contributed by atoms with Gasteiger partial charge in [0.15, 0.2) is 0 Å². The van der Waals surface area contributed by atoms with Crippen molar-refractivity contribution in [2.24, 2.45) is 0 Å². The van der Waals surface area contributed by atoms with Gasteiger partial charge in [0.2, 0.25) is 0 Å². The average Bonchev–Trinajstić information content (AvgIpc) is 3.08. The van der Waals surface area contributed by atoms with E-state index in [0.29, 0.717) is 29.6 Å². The topological polar surface area (TPSA) is 76.6 Å². The Balaban J connectivity index is 1.34. The summed E-state index contributed by atoms with van der Waals surface area (Å²) in [5, 5.41) is 3.87. The zero-order chi connectivity index (χ0) is 24.2. The summed E-state index contributed by atoms with van der Waals surface area (Å²) in [7, 11) is 1.70. The number of aromatic nitrogens is 2. The molecule has 181 valence electrons. The van der Waals surface area contributed by atoms with Gasteiger partial charge in [-0.15, -0.1) is 0 Å². The number of benzene rings is 2. The summed E-state index contributed by atoms with van der Waals surface area (Å²) in [6.07, 6.45) is 4.48. The monoisotopic (exact) mass is 553 g/mol. The summed E-state index contributed by atoms with van der Waals surface area (Å²) in [6, 6.07) is 12.6. The van der Waals surface area contributed by atoms with Gasteiger partial charge in [0.05, 0.1) is 0 Å². The number of aryl methyl sites for hydroxylation is 2. The Bertz CT molecular complexity index is 1230. The van der Waals surface area contributed by atoms with Crippen molar-refractivity contribution in [3.05, 3.63) is 58.7 Å². The third kappa shape index (κ3) is 5.80. The first-order valence-corrected chi connectivity index (χ1v) is 14.0. The molecular formula is C26H27AsClN4O3. The minimum absolute atomic E-state index is 0.332. The van der Waals surface area contributed by atoms with E-state index in [2.05, 4.69) is 45.5 Å². The molecule has 3 aromatic rings. The molecule has 0 unspecified atom stereocenters. The first-order valence-electron chi connectivity index (χ1n) is 11.7. The Kier molecular flexibility index (Phi) is 7.57. The number of morpholine rings is 1. The van der Waals surface area contributed by atoms with E-state index in [-0.39, 0.29) is 0 Å². The standard InChI is InChI=1S/C26H27AsClN4O3/c1-34-24-15-20(32-10-12-35-13-11-32)6-9-22(24)27-25-23(28)16-29-26(31-25)30-19-5-2-17-3-7-21(33)8-4-18(17)14-19/h2,5-6,9,14-16H,3-4,7-8,10-13H2,1H3,(H,29,30,31). The summed E-state index contributed by atoms with van der Waals surface area (Å²) < 4.78 is 13.1. The normalized spacial score (nSPS) is 16.3.